The molecule has 7 heteroatoms. The van der Waals surface area contributed by atoms with Crippen LogP contribution in [-0.4, -0.2) is 69.8 Å². The first-order valence-electron chi connectivity index (χ1n) is 11.3. The highest BCUT2D eigenvalue weighted by Gasteiger charge is 2.59. The van der Waals surface area contributed by atoms with Gasteiger partial charge in [-0.15, -0.1) is 0 Å². The Morgan fingerprint density at radius 3 is 2.41 bits per heavy atom. The SMILES string of the molecule is CCn1nc(C(C)C)cc1C(=O)N1C[C@@H]2[C@H](C1)[C@@H]1CC[C@H]2N1C(=O)C1CCOC1. The van der Waals surface area contributed by atoms with Crippen molar-refractivity contribution in [1.82, 2.24) is 19.6 Å². The number of hydrogen-bond acceptors (Lipinski definition) is 4. The molecule has 0 aromatic carbocycles. The lowest BCUT2D eigenvalue weighted by atomic mass is 9.82. The van der Waals surface area contributed by atoms with Gasteiger partial charge >= 0.3 is 0 Å². The van der Waals surface area contributed by atoms with Crippen molar-refractivity contribution in [2.45, 2.75) is 64.6 Å². The fraction of sp³-hybridized carbons (Fsp3) is 0.773. The Morgan fingerprint density at radius 2 is 1.86 bits per heavy atom. The van der Waals surface area contributed by atoms with E-state index < -0.39 is 0 Å². The van der Waals surface area contributed by atoms with E-state index in [4.69, 9.17) is 4.74 Å². The molecule has 0 saturated carbocycles. The molecule has 158 valence electrons. The van der Waals surface area contributed by atoms with Crippen LogP contribution in [0, 0.1) is 17.8 Å². The van der Waals surface area contributed by atoms with Crippen molar-refractivity contribution >= 4 is 11.8 Å². The normalized spacial score (nSPS) is 33.2. The summed E-state index contributed by atoms with van der Waals surface area (Å²) in [4.78, 5) is 30.6. The molecule has 7 nitrogen and oxygen atoms in total. The zero-order chi connectivity index (χ0) is 20.3. The predicted molar refractivity (Wildman–Crippen MR) is 107 cm³/mol. The van der Waals surface area contributed by atoms with Gasteiger partial charge in [0.05, 0.1) is 18.2 Å². The number of amides is 2. The summed E-state index contributed by atoms with van der Waals surface area (Å²) in [5.41, 5.74) is 1.68. The molecule has 0 spiro atoms. The van der Waals surface area contributed by atoms with E-state index in [1.807, 2.05) is 22.6 Å². The van der Waals surface area contributed by atoms with Gasteiger partial charge in [0.25, 0.3) is 5.91 Å². The van der Waals surface area contributed by atoms with Crippen LogP contribution in [0.25, 0.3) is 0 Å². The third-order valence-corrected chi connectivity index (χ3v) is 7.60. The zero-order valence-corrected chi connectivity index (χ0v) is 17.7. The van der Waals surface area contributed by atoms with Gasteiger partial charge in [0.1, 0.15) is 5.69 Å². The van der Waals surface area contributed by atoms with Crippen LogP contribution in [0.2, 0.25) is 0 Å². The minimum absolute atomic E-state index is 0.0445. The minimum Gasteiger partial charge on any atom is -0.381 e. The van der Waals surface area contributed by atoms with E-state index in [1.54, 1.807) is 0 Å². The second-order valence-corrected chi connectivity index (χ2v) is 9.48. The lowest BCUT2D eigenvalue weighted by Crippen LogP contribution is -2.44. The Balaban J connectivity index is 1.32. The third kappa shape index (κ3) is 2.92. The van der Waals surface area contributed by atoms with Crippen molar-refractivity contribution in [2.75, 3.05) is 26.3 Å². The smallest absolute Gasteiger partial charge is 0.272 e. The van der Waals surface area contributed by atoms with E-state index in [-0.39, 0.29) is 11.8 Å². The summed E-state index contributed by atoms with van der Waals surface area (Å²) in [7, 11) is 0. The molecule has 5 rings (SSSR count). The predicted octanol–water partition coefficient (Wildman–Crippen LogP) is 2.12. The highest BCUT2D eigenvalue weighted by atomic mass is 16.5. The second-order valence-electron chi connectivity index (χ2n) is 9.48. The number of rotatable bonds is 4. The number of aryl methyl sites for hydroxylation is 1. The third-order valence-electron chi connectivity index (χ3n) is 7.60. The van der Waals surface area contributed by atoms with Gasteiger partial charge in [-0.05, 0) is 38.2 Å². The molecule has 5 heterocycles. The maximum Gasteiger partial charge on any atom is 0.272 e. The molecule has 29 heavy (non-hydrogen) atoms. The average Bonchev–Trinajstić information content (AvgIpc) is 3.51. The van der Waals surface area contributed by atoms with Crippen LogP contribution >= 0.6 is 0 Å². The molecule has 1 aromatic heterocycles. The molecule has 1 aromatic rings. The van der Waals surface area contributed by atoms with E-state index in [0.717, 1.165) is 38.0 Å². The number of nitrogens with zero attached hydrogens (tertiary/aromatic N) is 4. The van der Waals surface area contributed by atoms with Crippen molar-refractivity contribution in [3.8, 4) is 0 Å². The van der Waals surface area contributed by atoms with E-state index in [2.05, 4.69) is 23.8 Å². The first-order valence-corrected chi connectivity index (χ1v) is 11.3. The van der Waals surface area contributed by atoms with Crippen molar-refractivity contribution in [1.29, 1.82) is 0 Å². The highest BCUT2D eigenvalue weighted by molar-refractivity contribution is 5.93. The Bertz CT molecular complexity index is 793. The number of carbonyl (C=O) groups excluding carboxylic acids is 2. The number of aromatic nitrogens is 2. The quantitative estimate of drug-likeness (QED) is 0.777. The van der Waals surface area contributed by atoms with Crippen LogP contribution in [0.15, 0.2) is 6.07 Å². The topological polar surface area (TPSA) is 67.7 Å². The highest BCUT2D eigenvalue weighted by Crippen LogP contribution is 2.50. The number of fused-ring (bicyclic) bond motifs is 5. The Hall–Kier alpha value is -1.89. The summed E-state index contributed by atoms with van der Waals surface area (Å²) >= 11 is 0. The summed E-state index contributed by atoms with van der Waals surface area (Å²) in [6.07, 6.45) is 3.02. The standard InChI is InChI=1S/C22H32N4O3/c1-4-25-20(9-17(23-25)13(2)3)22(28)24-10-15-16(11-24)19-6-5-18(15)26(19)21(27)14-7-8-29-12-14/h9,13-16,18-19H,4-8,10-12H2,1-3H3/t14?,15-,16+,18-,19+. The molecule has 1 unspecified atom stereocenters. The van der Waals surface area contributed by atoms with Crippen LogP contribution in [0.4, 0.5) is 0 Å². The van der Waals surface area contributed by atoms with Crippen LogP contribution in [0.5, 0.6) is 0 Å². The lowest BCUT2D eigenvalue weighted by molar-refractivity contribution is -0.137. The molecule has 2 bridgehead atoms. The molecule has 0 aliphatic carbocycles. The minimum atomic E-state index is 0.0445. The van der Waals surface area contributed by atoms with Crippen molar-refractivity contribution in [3.05, 3.63) is 17.5 Å². The van der Waals surface area contributed by atoms with Gasteiger partial charge in [-0.2, -0.15) is 5.10 Å². The summed E-state index contributed by atoms with van der Waals surface area (Å²) in [5, 5.41) is 4.62. The second kappa shape index (κ2) is 7.11. The number of hydrogen-bond donors (Lipinski definition) is 0. The molecule has 5 atom stereocenters. The molecule has 0 N–H and O–H groups in total. The molecular formula is C22H32N4O3. The average molecular weight is 401 g/mol. The number of ether oxygens (including phenoxy) is 1. The fourth-order valence-corrected chi connectivity index (χ4v) is 6.10. The summed E-state index contributed by atoms with van der Waals surface area (Å²) in [6, 6.07) is 2.58. The van der Waals surface area contributed by atoms with E-state index in [1.165, 1.54) is 0 Å². The van der Waals surface area contributed by atoms with Crippen LogP contribution < -0.4 is 0 Å². The van der Waals surface area contributed by atoms with Crippen molar-refractivity contribution in [2.24, 2.45) is 17.8 Å². The van der Waals surface area contributed by atoms with Gasteiger partial charge < -0.3 is 14.5 Å². The summed E-state index contributed by atoms with van der Waals surface area (Å²) < 4.78 is 7.30. The summed E-state index contributed by atoms with van der Waals surface area (Å²) in [6.45, 7) is 9.76. The van der Waals surface area contributed by atoms with Crippen LogP contribution in [0.1, 0.15) is 62.1 Å². The largest absolute Gasteiger partial charge is 0.381 e. The maximum absolute atomic E-state index is 13.3. The van der Waals surface area contributed by atoms with Gasteiger partial charge in [0.2, 0.25) is 5.91 Å². The van der Waals surface area contributed by atoms with E-state index in [9.17, 15) is 9.59 Å². The molecule has 4 aliphatic rings. The molecule has 0 radical (unpaired) electrons. The van der Waals surface area contributed by atoms with Gasteiger partial charge in [-0.3, -0.25) is 14.3 Å². The van der Waals surface area contributed by atoms with Gasteiger partial charge in [-0.1, -0.05) is 13.8 Å². The molecule has 4 fully saturated rings. The molecule has 2 amide bonds. The number of likely N-dealkylation sites (tertiary alicyclic amines) is 1. The van der Waals surface area contributed by atoms with Gasteiger partial charge in [-0.25, -0.2) is 0 Å². The zero-order valence-electron chi connectivity index (χ0n) is 17.7. The first-order chi connectivity index (χ1) is 14.0. The van der Waals surface area contributed by atoms with E-state index in [0.29, 0.717) is 61.2 Å². The van der Waals surface area contributed by atoms with Gasteiger partial charge in [0.15, 0.2) is 0 Å². The molecule has 4 aliphatic heterocycles. The Kier molecular flexibility index (Phi) is 4.68. The lowest BCUT2D eigenvalue weighted by Gasteiger charge is -2.29. The molecular weight excluding hydrogens is 368 g/mol. The first kappa shape index (κ1) is 19.1. The van der Waals surface area contributed by atoms with Crippen molar-refractivity contribution < 1.29 is 14.3 Å². The monoisotopic (exact) mass is 400 g/mol. The molecule has 4 saturated heterocycles. The Morgan fingerprint density at radius 1 is 1.17 bits per heavy atom. The maximum atomic E-state index is 13.3. The van der Waals surface area contributed by atoms with Crippen molar-refractivity contribution in [3.63, 3.8) is 0 Å². The van der Waals surface area contributed by atoms with Crippen LogP contribution in [-0.2, 0) is 16.1 Å². The van der Waals surface area contributed by atoms with E-state index >= 15 is 0 Å². The van der Waals surface area contributed by atoms with Gasteiger partial charge in [0, 0.05) is 50.2 Å². The summed E-state index contributed by atoms with van der Waals surface area (Å²) in [5.74, 6) is 1.60. The fourth-order valence-electron chi connectivity index (χ4n) is 6.10. The number of carbonyl (C=O) groups is 2. The van der Waals surface area contributed by atoms with Crippen LogP contribution in [0.3, 0.4) is 0 Å². The Labute approximate surface area is 172 Å².